The van der Waals surface area contributed by atoms with E-state index >= 15 is 0 Å². The van der Waals surface area contributed by atoms with Crippen molar-refractivity contribution in [1.82, 2.24) is 0 Å². The van der Waals surface area contributed by atoms with Gasteiger partial charge >= 0.3 is 0 Å². The standard InChI is InChI=1S/C8H10.N3/c1-2-8-6-4-3-5-7-8;1-3-2/h3-7H,2H2,1H3;/q;-1. The molecule has 0 heterocycles. The topological polar surface area (TPSA) is 58.7 Å². The molecule has 0 fully saturated rings. The molecule has 0 aliphatic rings. The van der Waals surface area contributed by atoms with E-state index in [4.69, 9.17) is 11.1 Å². The van der Waals surface area contributed by atoms with Crippen LogP contribution in [-0.4, -0.2) is 0 Å². The van der Waals surface area contributed by atoms with Gasteiger partial charge < -0.3 is 11.1 Å². The van der Waals surface area contributed by atoms with Gasteiger partial charge in [0.1, 0.15) is 0 Å². The van der Waals surface area contributed by atoms with E-state index in [1.165, 1.54) is 10.5 Å². The molecule has 1 rings (SSSR count). The molecule has 0 bridgehead atoms. The zero-order valence-corrected chi connectivity index (χ0v) is 6.44. The van der Waals surface area contributed by atoms with Gasteiger partial charge in [-0.15, -0.1) is 0 Å². The summed E-state index contributed by atoms with van der Waals surface area (Å²) < 4.78 is 0. The summed E-state index contributed by atoms with van der Waals surface area (Å²) in [7, 11) is 0. The summed E-state index contributed by atoms with van der Waals surface area (Å²) in [4.78, 5) is 1.50. The van der Waals surface area contributed by atoms with Crippen LogP contribution < -0.4 is 0 Å². The largest absolute Gasteiger partial charge is 0.373 e. The second kappa shape index (κ2) is 6.65. The molecule has 11 heavy (non-hydrogen) atoms. The first-order valence-electron chi connectivity index (χ1n) is 3.37. The van der Waals surface area contributed by atoms with Gasteiger partial charge in [-0.25, -0.2) is 0 Å². The van der Waals surface area contributed by atoms with E-state index in [1.807, 2.05) is 6.07 Å². The van der Waals surface area contributed by atoms with E-state index in [-0.39, 0.29) is 0 Å². The highest BCUT2D eigenvalue weighted by Crippen LogP contribution is 1.96. The Hall–Kier alpha value is -1.47. The average Bonchev–Trinajstić information content (AvgIpc) is 2.08. The fourth-order valence-corrected chi connectivity index (χ4v) is 0.714. The SMILES string of the molecule is CCc1ccccc1.[N-]=[N+]=[N-]. The van der Waals surface area contributed by atoms with Gasteiger partial charge in [0.05, 0.1) is 0 Å². The third kappa shape index (κ3) is 5.00. The Balaban J connectivity index is 0.000000292. The average molecular weight is 148 g/mol. The highest BCUT2D eigenvalue weighted by atomic mass is 15.0. The van der Waals surface area contributed by atoms with Crippen molar-refractivity contribution in [2.24, 2.45) is 0 Å². The quantitative estimate of drug-likeness (QED) is 0.334. The van der Waals surface area contributed by atoms with E-state index in [0.29, 0.717) is 0 Å². The number of nitrogens with zero attached hydrogens (tertiary/aromatic N) is 3. The van der Waals surface area contributed by atoms with Gasteiger partial charge in [-0.1, -0.05) is 37.3 Å². The Labute approximate surface area is 66.1 Å². The van der Waals surface area contributed by atoms with Gasteiger partial charge in [0, 0.05) is 0 Å². The lowest BCUT2D eigenvalue weighted by molar-refractivity contribution is 1.14. The molecule has 0 unspecified atom stereocenters. The maximum Gasteiger partial charge on any atom is -0.0307 e. The zero-order chi connectivity index (χ0) is 8.53. The Bertz CT molecular complexity index is 212. The van der Waals surface area contributed by atoms with Crippen LogP contribution in [0, 0.1) is 0 Å². The monoisotopic (exact) mass is 148 g/mol. The molecule has 0 amide bonds. The molecule has 1 aromatic rings. The van der Waals surface area contributed by atoms with Gasteiger partial charge in [0.25, 0.3) is 0 Å². The van der Waals surface area contributed by atoms with E-state index in [9.17, 15) is 0 Å². The minimum atomic E-state index is 1.14. The second-order valence-electron chi connectivity index (χ2n) is 1.93. The molecule has 0 saturated carbocycles. The summed E-state index contributed by atoms with van der Waals surface area (Å²) in [6, 6.07) is 10.5. The predicted octanol–water partition coefficient (Wildman–Crippen LogP) is 3.12. The predicted molar refractivity (Wildman–Crippen MR) is 45.9 cm³/mol. The minimum absolute atomic E-state index is 1.14. The Kier molecular flexibility index (Phi) is 5.76. The van der Waals surface area contributed by atoms with Gasteiger partial charge in [0.2, 0.25) is 0 Å². The summed E-state index contributed by atoms with van der Waals surface area (Å²) in [5.74, 6) is 0. The van der Waals surface area contributed by atoms with Gasteiger partial charge in [-0.3, -0.25) is 4.91 Å². The molecule has 3 nitrogen and oxygen atoms in total. The summed E-state index contributed by atoms with van der Waals surface area (Å²) >= 11 is 0. The van der Waals surface area contributed by atoms with Crippen molar-refractivity contribution in [3.8, 4) is 0 Å². The molecule has 0 N–H and O–H groups in total. The lowest BCUT2D eigenvalue weighted by Crippen LogP contribution is -1.73. The van der Waals surface area contributed by atoms with Crippen molar-refractivity contribution < 1.29 is 0 Å². The molecule has 0 radical (unpaired) electrons. The van der Waals surface area contributed by atoms with Gasteiger partial charge in [-0.2, -0.15) is 0 Å². The Morgan fingerprint density at radius 1 is 1.18 bits per heavy atom. The molecule has 0 aliphatic heterocycles. The van der Waals surface area contributed by atoms with Crippen molar-refractivity contribution in [1.29, 1.82) is 0 Å². The highest BCUT2D eigenvalue weighted by Gasteiger charge is 1.79. The van der Waals surface area contributed by atoms with Crippen molar-refractivity contribution in [3.63, 3.8) is 0 Å². The number of rotatable bonds is 1. The minimum Gasteiger partial charge on any atom is -0.373 e. The lowest BCUT2D eigenvalue weighted by atomic mass is 10.2. The molecule has 0 spiro atoms. The molecule has 1 aromatic carbocycles. The second-order valence-corrected chi connectivity index (χ2v) is 1.93. The van der Waals surface area contributed by atoms with E-state index in [0.717, 1.165) is 6.42 Å². The highest BCUT2D eigenvalue weighted by molar-refractivity contribution is 5.13. The van der Waals surface area contributed by atoms with E-state index < -0.39 is 0 Å². The van der Waals surface area contributed by atoms with Crippen LogP contribution in [0.3, 0.4) is 0 Å². The normalized spacial score (nSPS) is 7.36. The number of hydrogen-bond donors (Lipinski definition) is 0. The first-order valence-corrected chi connectivity index (χ1v) is 3.37. The number of benzene rings is 1. The van der Waals surface area contributed by atoms with Crippen molar-refractivity contribution in [2.75, 3.05) is 0 Å². The Morgan fingerprint density at radius 3 is 1.91 bits per heavy atom. The fraction of sp³-hybridized carbons (Fsp3) is 0.250. The molecule has 58 valence electrons. The van der Waals surface area contributed by atoms with Crippen molar-refractivity contribution in [2.45, 2.75) is 13.3 Å². The van der Waals surface area contributed by atoms with Crippen LogP contribution >= 0.6 is 0 Å². The van der Waals surface area contributed by atoms with Crippen LogP contribution in [-0.2, 0) is 6.42 Å². The molecule has 3 heteroatoms. The van der Waals surface area contributed by atoms with Crippen LogP contribution in [0.5, 0.6) is 0 Å². The third-order valence-corrected chi connectivity index (χ3v) is 1.25. The fourth-order valence-electron chi connectivity index (χ4n) is 0.714. The number of hydrogen-bond acceptors (Lipinski definition) is 0. The number of aryl methyl sites for hydroxylation is 1. The summed E-state index contributed by atoms with van der Waals surface area (Å²) in [5, 5.41) is 0. The smallest absolute Gasteiger partial charge is 0.0307 e. The molecular formula is C8H10N3-. The maximum absolute atomic E-state index is 6.75. The molecule has 0 aliphatic carbocycles. The van der Waals surface area contributed by atoms with Gasteiger partial charge in [0.15, 0.2) is 0 Å². The van der Waals surface area contributed by atoms with Gasteiger partial charge in [-0.05, 0) is 12.0 Å². The maximum atomic E-state index is 6.75. The molecule has 0 saturated heterocycles. The summed E-state index contributed by atoms with van der Waals surface area (Å²) in [6.07, 6.45) is 1.14. The third-order valence-electron chi connectivity index (χ3n) is 1.25. The molecule has 0 atom stereocenters. The van der Waals surface area contributed by atoms with Crippen LogP contribution in [0.2, 0.25) is 0 Å². The summed E-state index contributed by atoms with van der Waals surface area (Å²) in [6.45, 7) is 2.16. The van der Waals surface area contributed by atoms with E-state index in [1.54, 1.807) is 0 Å². The Morgan fingerprint density at radius 2 is 1.64 bits per heavy atom. The van der Waals surface area contributed by atoms with Crippen LogP contribution in [0.1, 0.15) is 12.5 Å². The first-order chi connectivity index (χ1) is 5.35. The van der Waals surface area contributed by atoms with Crippen molar-refractivity contribution >= 4 is 0 Å². The van der Waals surface area contributed by atoms with Crippen LogP contribution in [0.15, 0.2) is 30.3 Å². The van der Waals surface area contributed by atoms with Crippen LogP contribution in [0.4, 0.5) is 0 Å². The lowest BCUT2D eigenvalue weighted by Gasteiger charge is -1.89. The van der Waals surface area contributed by atoms with E-state index in [2.05, 4.69) is 31.2 Å². The molecular weight excluding hydrogens is 138 g/mol. The molecule has 0 aromatic heterocycles. The van der Waals surface area contributed by atoms with Crippen LogP contribution in [0.25, 0.3) is 16.0 Å². The summed E-state index contributed by atoms with van der Waals surface area (Å²) in [5.41, 5.74) is 14.9. The first kappa shape index (κ1) is 9.53. The zero-order valence-electron chi connectivity index (χ0n) is 6.44. The van der Waals surface area contributed by atoms with Crippen molar-refractivity contribution in [3.05, 3.63) is 51.9 Å².